The van der Waals surface area contributed by atoms with E-state index in [1.807, 2.05) is 0 Å². The molecule has 7 aromatic carbocycles. The van der Waals surface area contributed by atoms with Crippen molar-refractivity contribution >= 4 is 50.5 Å². The van der Waals surface area contributed by atoms with Crippen LogP contribution in [-0.4, -0.2) is 4.57 Å². The van der Waals surface area contributed by atoms with Gasteiger partial charge in [0.05, 0.1) is 11.0 Å². The number of hydrogen-bond donors (Lipinski definition) is 0. The summed E-state index contributed by atoms with van der Waals surface area (Å²) in [5.41, 5.74) is 17.6. The maximum absolute atomic E-state index is 2.43. The summed E-state index contributed by atoms with van der Waals surface area (Å²) in [5.74, 6) is 0. The number of nitrogens with zero attached hydrogens (tertiary/aromatic N) is 2. The van der Waals surface area contributed by atoms with Gasteiger partial charge >= 0.3 is 0 Å². The third-order valence-corrected chi connectivity index (χ3v) is 11.1. The van der Waals surface area contributed by atoms with Crippen molar-refractivity contribution in [3.63, 3.8) is 0 Å². The Hall–Kier alpha value is -6.64. The van der Waals surface area contributed by atoms with Gasteiger partial charge < -0.3 is 9.47 Å². The highest BCUT2D eigenvalue weighted by Gasteiger charge is 2.18. The molecule has 0 spiro atoms. The fraction of sp³-hybridized carbons (Fsp3) is 0.0769. The molecule has 0 saturated carbocycles. The van der Waals surface area contributed by atoms with Crippen LogP contribution in [-0.2, 0) is 6.42 Å². The molecule has 0 radical (unpaired) electrons. The number of benzene rings is 7. The van der Waals surface area contributed by atoms with Crippen molar-refractivity contribution in [3.05, 3.63) is 205 Å². The second kappa shape index (κ2) is 13.7. The molecule has 0 unspecified atom stereocenters. The second-order valence-corrected chi connectivity index (χ2v) is 14.4. The van der Waals surface area contributed by atoms with E-state index in [-0.39, 0.29) is 0 Å². The molecule has 54 heavy (non-hydrogen) atoms. The van der Waals surface area contributed by atoms with Crippen LogP contribution in [0.1, 0.15) is 36.0 Å². The summed E-state index contributed by atoms with van der Waals surface area (Å²) in [6.45, 7) is 0. The van der Waals surface area contributed by atoms with E-state index in [0.717, 1.165) is 48.4 Å². The van der Waals surface area contributed by atoms with Gasteiger partial charge in [-0.25, -0.2) is 0 Å². The van der Waals surface area contributed by atoms with E-state index < -0.39 is 0 Å². The van der Waals surface area contributed by atoms with Crippen molar-refractivity contribution in [3.8, 4) is 27.9 Å². The van der Waals surface area contributed by atoms with Crippen LogP contribution in [0.4, 0.5) is 17.1 Å². The first kappa shape index (κ1) is 32.0. The van der Waals surface area contributed by atoms with E-state index in [2.05, 4.69) is 204 Å². The fourth-order valence-electron chi connectivity index (χ4n) is 8.50. The van der Waals surface area contributed by atoms with Gasteiger partial charge in [-0.3, -0.25) is 0 Å². The molecule has 1 heterocycles. The first-order valence-corrected chi connectivity index (χ1v) is 19.1. The lowest BCUT2D eigenvalue weighted by atomic mass is 9.84. The number of hydrogen-bond acceptors (Lipinski definition) is 1. The second-order valence-electron chi connectivity index (χ2n) is 14.4. The smallest absolute Gasteiger partial charge is 0.0541 e. The van der Waals surface area contributed by atoms with Gasteiger partial charge in [-0.1, -0.05) is 121 Å². The number of allylic oxidation sites excluding steroid dienone is 5. The number of anilines is 3. The SMILES string of the molecule is C1=CCCC(c2cc(-c3ccc(N(c4ccccc4)c4ccc(-c5cccc(-n6c7ccccc7c7ccccc76)c5)cc4)cc3)cc3c2CCC=C3)=C1. The van der Waals surface area contributed by atoms with Crippen molar-refractivity contribution < 1.29 is 0 Å². The summed E-state index contributed by atoms with van der Waals surface area (Å²) in [5, 5.41) is 2.55. The Morgan fingerprint density at radius 3 is 1.78 bits per heavy atom. The van der Waals surface area contributed by atoms with Gasteiger partial charge in [0, 0.05) is 33.5 Å². The number of para-hydroxylation sites is 3. The minimum atomic E-state index is 1.10. The van der Waals surface area contributed by atoms with Crippen LogP contribution in [0.5, 0.6) is 0 Å². The van der Waals surface area contributed by atoms with Crippen molar-refractivity contribution in [2.45, 2.75) is 25.7 Å². The summed E-state index contributed by atoms with van der Waals surface area (Å²) < 4.78 is 2.38. The molecule has 0 bridgehead atoms. The predicted octanol–water partition coefficient (Wildman–Crippen LogP) is 14.3. The lowest BCUT2D eigenvalue weighted by Gasteiger charge is -2.26. The highest BCUT2D eigenvalue weighted by Crippen LogP contribution is 2.40. The molecule has 1 aromatic heterocycles. The molecule has 0 saturated heterocycles. The molecule has 2 aliphatic rings. The van der Waals surface area contributed by atoms with Gasteiger partial charge in [0.1, 0.15) is 0 Å². The Labute approximate surface area is 317 Å². The Bertz CT molecular complexity index is 2690. The van der Waals surface area contributed by atoms with Crippen LogP contribution in [0.3, 0.4) is 0 Å². The molecule has 0 atom stereocenters. The minimum absolute atomic E-state index is 1.10. The first-order valence-electron chi connectivity index (χ1n) is 19.1. The molecule has 8 aromatic rings. The van der Waals surface area contributed by atoms with Crippen LogP contribution in [0.2, 0.25) is 0 Å². The number of aromatic nitrogens is 1. The summed E-state index contributed by atoms with van der Waals surface area (Å²) in [4.78, 5) is 2.35. The zero-order valence-electron chi connectivity index (χ0n) is 30.2. The van der Waals surface area contributed by atoms with E-state index in [1.165, 1.54) is 66.3 Å². The Kier molecular flexibility index (Phi) is 8.15. The van der Waals surface area contributed by atoms with Crippen molar-refractivity contribution in [1.29, 1.82) is 0 Å². The van der Waals surface area contributed by atoms with Gasteiger partial charge in [0.25, 0.3) is 0 Å². The van der Waals surface area contributed by atoms with Crippen molar-refractivity contribution in [2.75, 3.05) is 4.90 Å². The van der Waals surface area contributed by atoms with E-state index in [9.17, 15) is 0 Å². The average Bonchev–Trinajstić information content (AvgIpc) is 3.59. The summed E-state index contributed by atoms with van der Waals surface area (Å²) >= 11 is 0. The zero-order chi connectivity index (χ0) is 35.8. The monoisotopic (exact) mass is 692 g/mol. The largest absolute Gasteiger partial charge is 0.311 e. The average molecular weight is 693 g/mol. The quantitative estimate of drug-likeness (QED) is 0.161. The van der Waals surface area contributed by atoms with Gasteiger partial charge in [0.15, 0.2) is 0 Å². The van der Waals surface area contributed by atoms with Gasteiger partial charge in [-0.2, -0.15) is 0 Å². The van der Waals surface area contributed by atoms with Crippen LogP contribution in [0.25, 0.3) is 61.4 Å². The Morgan fingerprint density at radius 2 is 1.09 bits per heavy atom. The van der Waals surface area contributed by atoms with E-state index >= 15 is 0 Å². The Balaban J connectivity index is 0.993. The van der Waals surface area contributed by atoms with E-state index in [0.29, 0.717) is 0 Å². The van der Waals surface area contributed by atoms with Crippen LogP contribution in [0.15, 0.2) is 188 Å². The van der Waals surface area contributed by atoms with Crippen LogP contribution < -0.4 is 4.90 Å². The Morgan fingerprint density at radius 1 is 0.463 bits per heavy atom. The lowest BCUT2D eigenvalue weighted by Crippen LogP contribution is -2.09. The van der Waals surface area contributed by atoms with Crippen LogP contribution in [0, 0.1) is 0 Å². The predicted molar refractivity (Wildman–Crippen MR) is 230 cm³/mol. The molecular formula is C52H40N2. The standard InChI is InChI=1S/C52H40N2/c1-3-14-39(15-4-1)50-36-42(34-41-16-7-8-21-47(41)50)38-28-32-45(33-29-38)53(43-18-5-2-6-19-43)44-30-26-37(27-31-44)40-17-13-20-46(35-40)54-51-24-11-9-22-48(51)49-23-10-12-25-52(49)54/h1-3,5-7,9-14,16-20,22-36H,4,8,15,21H2. The topological polar surface area (TPSA) is 8.17 Å². The number of rotatable bonds is 7. The zero-order valence-corrected chi connectivity index (χ0v) is 30.2. The molecule has 2 nitrogen and oxygen atoms in total. The normalized spacial score (nSPS) is 13.6. The van der Waals surface area contributed by atoms with Crippen molar-refractivity contribution in [1.82, 2.24) is 4.57 Å². The molecule has 10 rings (SSSR count). The molecule has 0 amide bonds. The molecular weight excluding hydrogens is 653 g/mol. The molecule has 2 heteroatoms. The maximum atomic E-state index is 2.43. The molecule has 258 valence electrons. The van der Waals surface area contributed by atoms with Crippen molar-refractivity contribution in [2.24, 2.45) is 0 Å². The molecule has 0 fully saturated rings. The minimum Gasteiger partial charge on any atom is -0.311 e. The molecule has 0 aliphatic heterocycles. The fourth-order valence-corrected chi connectivity index (χ4v) is 8.50. The molecule has 0 N–H and O–H groups in total. The van der Waals surface area contributed by atoms with E-state index in [1.54, 1.807) is 0 Å². The maximum Gasteiger partial charge on any atom is 0.0541 e. The highest BCUT2D eigenvalue weighted by atomic mass is 15.1. The van der Waals surface area contributed by atoms with E-state index in [4.69, 9.17) is 0 Å². The summed E-state index contributed by atoms with van der Waals surface area (Å²) in [6.07, 6.45) is 15.9. The first-order chi connectivity index (χ1) is 26.8. The third kappa shape index (κ3) is 5.77. The molecule has 2 aliphatic carbocycles. The summed E-state index contributed by atoms with van der Waals surface area (Å²) in [6, 6.07) is 59.9. The van der Waals surface area contributed by atoms with Gasteiger partial charge in [-0.15, -0.1) is 0 Å². The van der Waals surface area contributed by atoms with Crippen LogP contribution >= 0.6 is 0 Å². The highest BCUT2D eigenvalue weighted by molar-refractivity contribution is 6.09. The summed E-state index contributed by atoms with van der Waals surface area (Å²) in [7, 11) is 0. The van der Waals surface area contributed by atoms with Gasteiger partial charge in [-0.05, 0) is 143 Å². The number of fused-ring (bicyclic) bond motifs is 4. The third-order valence-electron chi connectivity index (χ3n) is 11.1. The van der Waals surface area contributed by atoms with Gasteiger partial charge in [0.2, 0.25) is 0 Å². The lowest BCUT2D eigenvalue weighted by molar-refractivity contribution is 0.969.